The molecule has 4 heteroatoms. The molecule has 0 bridgehead atoms. The third-order valence-corrected chi connectivity index (χ3v) is 9.86. The molecule has 0 unspecified atom stereocenters. The molecule has 0 aliphatic rings. The Hall–Kier alpha value is -0.453. The van der Waals surface area contributed by atoms with Crippen molar-refractivity contribution in [3.8, 4) is 0 Å². The molecule has 1 N–H and O–H groups in total. The molecule has 0 radical (unpaired) electrons. The van der Waals surface area contributed by atoms with Gasteiger partial charge in [-0.25, -0.2) is 0 Å². The minimum atomic E-state index is -1.80. The molecule has 0 saturated heterocycles. The topological polar surface area (TPSA) is 46.5 Å². The Morgan fingerprint density at radius 3 is 2.17 bits per heavy atom. The summed E-state index contributed by atoms with van der Waals surface area (Å²) >= 11 is 0. The fourth-order valence-corrected chi connectivity index (χ4v) is 3.94. The van der Waals surface area contributed by atoms with Crippen LogP contribution in [0.2, 0.25) is 18.1 Å². The van der Waals surface area contributed by atoms with Crippen molar-refractivity contribution in [1.82, 2.24) is 0 Å². The largest absolute Gasteiger partial charge is 0.413 e. The highest BCUT2D eigenvalue weighted by molar-refractivity contribution is 6.74. The van der Waals surface area contributed by atoms with E-state index in [0.717, 1.165) is 12.8 Å². The molecule has 0 amide bonds. The van der Waals surface area contributed by atoms with Crippen molar-refractivity contribution < 1.29 is 14.3 Å². The lowest BCUT2D eigenvalue weighted by atomic mass is 9.93. The average molecular weight is 357 g/mol. The number of carbonyl (C=O) groups is 1. The number of allylic oxidation sites excluding steroid dienone is 1. The van der Waals surface area contributed by atoms with Gasteiger partial charge in [0.2, 0.25) is 0 Å². The molecular weight excluding hydrogens is 316 g/mol. The van der Waals surface area contributed by atoms with Gasteiger partial charge in [-0.2, -0.15) is 0 Å². The predicted octanol–water partition coefficient (Wildman–Crippen LogP) is 5.20. The zero-order chi connectivity index (χ0) is 19.1. The van der Waals surface area contributed by atoms with E-state index in [1.807, 2.05) is 19.9 Å². The first kappa shape index (κ1) is 23.5. The zero-order valence-electron chi connectivity index (χ0n) is 17.3. The van der Waals surface area contributed by atoms with Crippen LogP contribution in [0, 0.1) is 17.8 Å². The second-order valence-electron chi connectivity index (χ2n) is 8.87. The van der Waals surface area contributed by atoms with E-state index < -0.39 is 8.32 Å². The van der Waals surface area contributed by atoms with E-state index >= 15 is 0 Å². The highest BCUT2D eigenvalue weighted by Crippen LogP contribution is 2.38. The van der Waals surface area contributed by atoms with E-state index in [9.17, 15) is 4.79 Å². The van der Waals surface area contributed by atoms with Crippen molar-refractivity contribution in [2.24, 2.45) is 17.8 Å². The number of carbonyl (C=O) groups excluding carboxylic acids is 1. The normalized spacial score (nSPS) is 18.4. The molecule has 3 nitrogen and oxygen atoms in total. The maximum atomic E-state index is 12.3. The van der Waals surface area contributed by atoms with Crippen LogP contribution in [-0.4, -0.2) is 31.9 Å². The SMILES string of the molecule is CC[C@@H](O[Si](C)(C)C(C)(C)C)[C@H](C)/C=C/C(=O)[C@H](C)C[C@H](C)CO. The summed E-state index contributed by atoms with van der Waals surface area (Å²) in [6.45, 7) is 19.6. The Labute approximate surface area is 151 Å². The van der Waals surface area contributed by atoms with Crippen LogP contribution in [0.4, 0.5) is 0 Å². The Morgan fingerprint density at radius 2 is 1.75 bits per heavy atom. The van der Waals surface area contributed by atoms with Gasteiger partial charge in [-0.1, -0.05) is 54.5 Å². The molecule has 0 aliphatic carbocycles. The van der Waals surface area contributed by atoms with Crippen molar-refractivity contribution in [3.63, 3.8) is 0 Å². The van der Waals surface area contributed by atoms with E-state index in [2.05, 4.69) is 47.7 Å². The van der Waals surface area contributed by atoms with Crippen LogP contribution in [0.1, 0.15) is 61.3 Å². The summed E-state index contributed by atoms with van der Waals surface area (Å²) in [5.41, 5.74) is 0. The lowest BCUT2D eigenvalue weighted by Crippen LogP contribution is -2.45. The van der Waals surface area contributed by atoms with E-state index in [1.165, 1.54) is 0 Å². The third kappa shape index (κ3) is 7.62. The number of ketones is 1. The molecule has 0 fully saturated rings. The fraction of sp³-hybridized carbons (Fsp3) is 0.850. The smallest absolute Gasteiger partial charge is 0.192 e. The second-order valence-corrected chi connectivity index (χ2v) is 13.6. The zero-order valence-corrected chi connectivity index (χ0v) is 18.3. The highest BCUT2D eigenvalue weighted by Gasteiger charge is 2.39. The average Bonchev–Trinajstić information content (AvgIpc) is 2.48. The summed E-state index contributed by atoms with van der Waals surface area (Å²) < 4.78 is 6.53. The lowest BCUT2D eigenvalue weighted by molar-refractivity contribution is -0.118. The molecule has 24 heavy (non-hydrogen) atoms. The van der Waals surface area contributed by atoms with Gasteiger partial charge in [0.05, 0.1) is 6.10 Å². The minimum Gasteiger partial charge on any atom is -0.413 e. The van der Waals surface area contributed by atoms with Crippen LogP contribution in [0.25, 0.3) is 0 Å². The highest BCUT2D eigenvalue weighted by atomic mass is 28.4. The maximum Gasteiger partial charge on any atom is 0.192 e. The fourth-order valence-electron chi connectivity index (χ4n) is 2.45. The molecule has 0 aromatic heterocycles. The van der Waals surface area contributed by atoms with Crippen LogP contribution in [0.3, 0.4) is 0 Å². The van der Waals surface area contributed by atoms with Crippen LogP contribution in [0.15, 0.2) is 12.2 Å². The van der Waals surface area contributed by atoms with Crippen molar-refractivity contribution in [2.75, 3.05) is 6.61 Å². The van der Waals surface area contributed by atoms with E-state index in [1.54, 1.807) is 6.08 Å². The molecular formula is C20H40O3Si. The first-order valence-electron chi connectivity index (χ1n) is 9.36. The van der Waals surface area contributed by atoms with Gasteiger partial charge < -0.3 is 9.53 Å². The summed E-state index contributed by atoms with van der Waals surface area (Å²) in [6.07, 6.45) is 5.55. The van der Waals surface area contributed by atoms with Crippen LogP contribution < -0.4 is 0 Å². The number of hydrogen-bond acceptors (Lipinski definition) is 3. The summed E-state index contributed by atoms with van der Waals surface area (Å²) in [4.78, 5) is 12.3. The van der Waals surface area contributed by atoms with Crippen molar-refractivity contribution in [3.05, 3.63) is 12.2 Å². The van der Waals surface area contributed by atoms with Gasteiger partial charge in [-0.3, -0.25) is 4.79 Å². The molecule has 0 spiro atoms. The first-order chi connectivity index (χ1) is 10.9. The van der Waals surface area contributed by atoms with E-state index in [4.69, 9.17) is 9.53 Å². The summed E-state index contributed by atoms with van der Waals surface area (Å²) in [5, 5.41) is 9.31. The van der Waals surface area contributed by atoms with Gasteiger partial charge in [-0.05, 0) is 48.9 Å². The van der Waals surface area contributed by atoms with Gasteiger partial charge in [0.15, 0.2) is 14.1 Å². The van der Waals surface area contributed by atoms with Gasteiger partial charge in [0, 0.05) is 12.5 Å². The summed E-state index contributed by atoms with van der Waals surface area (Å²) in [6, 6.07) is 0. The Kier molecular flexibility index (Phi) is 9.70. The minimum absolute atomic E-state index is 0.0445. The molecule has 0 rings (SSSR count). The summed E-state index contributed by atoms with van der Waals surface area (Å²) in [7, 11) is -1.80. The number of aliphatic hydroxyl groups excluding tert-OH is 1. The molecule has 0 aromatic carbocycles. The number of rotatable bonds is 10. The Balaban J connectivity index is 4.81. The third-order valence-electron chi connectivity index (χ3n) is 5.36. The molecule has 0 aliphatic heterocycles. The Morgan fingerprint density at radius 1 is 1.21 bits per heavy atom. The maximum absolute atomic E-state index is 12.3. The monoisotopic (exact) mass is 356 g/mol. The standard InChI is InChI=1S/C20H40O3Si/c1-10-19(23-24(8,9)20(5,6)7)16(3)11-12-18(22)17(4)13-15(2)14-21/h11-12,15-17,19,21H,10,13-14H2,1-9H3/b12-11+/t15-,16+,17+,19+/m0/s1. The van der Waals surface area contributed by atoms with E-state index in [-0.39, 0.29) is 41.3 Å². The van der Waals surface area contributed by atoms with Gasteiger partial charge in [-0.15, -0.1) is 0 Å². The van der Waals surface area contributed by atoms with E-state index in [0.29, 0.717) is 0 Å². The lowest BCUT2D eigenvalue weighted by Gasteiger charge is -2.40. The van der Waals surface area contributed by atoms with Crippen molar-refractivity contribution in [1.29, 1.82) is 0 Å². The van der Waals surface area contributed by atoms with Gasteiger partial charge in [0.1, 0.15) is 0 Å². The summed E-state index contributed by atoms with van der Waals surface area (Å²) in [5.74, 6) is 0.483. The molecule has 0 heterocycles. The van der Waals surface area contributed by atoms with Gasteiger partial charge in [0.25, 0.3) is 0 Å². The molecule has 0 aromatic rings. The number of aliphatic hydroxyl groups is 1. The van der Waals surface area contributed by atoms with Crippen molar-refractivity contribution >= 4 is 14.1 Å². The predicted molar refractivity (Wildman–Crippen MR) is 106 cm³/mol. The quantitative estimate of drug-likeness (QED) is 0.432. The first-order valence-corrected chi connectivity index (χ1v) is 12.3. The van der Waals surface area contributed by atoms with Crippen LogP contribution in [0.5, 0.6) is 0 Å². The van der Waals surface area contributed by atoms with Crippen molar-refractivity contribution in [2.45, 2.75) is 85.5 Å². The van der Waals surface area contributed by atoms with Gasteiger partial charge >= 0.3 is 0 Å². The number of hydrogen-bond donors (Lipinski definition) is 1. The molecule has 0 saturated carbocycles. The second kappa shape index (κ2) is 9.88. The van der Waals surface area contributed by atoms with Crippen LogP contribution >= 0.6 is 0 Å². The Bertz CT molecular complexity index is 410. The van der Waals surface area contributed by atoms with Crippen LogP contribution in [-0.2, 0) is 9.22 Å². The molecule has 4 atom stereocenters. The molecule has 142 valence electrons.